The molecule has 0 aliphatic carbocycles. The fourth-order valence-electron chi connectivity index (χ4n) is 1.15. The van der Waals surface area contributed by atoms with Gasteiger partial charge in [0.2, 0.25) is 0 Å². The summed E-state index contributed by atoms with van der Waals surface area (Å²) in [6.45, 7) is 0.548. The molecule has 0 atom stereocenters. The second-order valence-electron chi connectivity index (χ2n) is 2.73. The monoisotopic (exact) mass is 178 g/mol. The van der Waals surface area contributed by atoms with E-state index >= 15 is 0 Å². The number of aliphatic hydroxyl groups excluding tert-OH is 1. The van der Waals surface area contributed by atoms with E-state index < -0.39 is 0 Å². The zero-order valence-electron chi connectivity index (χ0n) is 7.05. The molecule has 2 aromatic heterocycles. The summed E-state index contributed by atoms with van der Waals surface area (Å²) in [5.74, 6) is 1.38. The molecule has 0 saturated heterocycles. The van der Waals surface area contributed by atoms with Crippen LogP contribution in [0.3, 0.4) is 0 Å². The van der Waals surface area contributed by atoms with E-state index in [9.17, 15) is 0 Å². The lowest BCUT2D eigenvalue weighted by Gasteiger charge is -1.96. The molecule has 13 heavy (non-hydrogen) atoms. The lowest BCUT2D eigenvalue weighted by molar-refractivity contribution is 0.242. The Kier molecular flexibility index (Phi) is 2.14. The maximum Gasteiger partial charge on any atom is 0.129 e. The van der Waals surface area contributed by atoms with Gasteiger partial charge in [-0.25, -0.2) is 0 Å². The molecule has 0 radical (unpaired) electrons. The summed E-state index contributed by atoms with van der Waals surface area (Å²) in [5, 5.41) is 12.8. The van der Waals surface area contributed by atoms with Crippen LogP contribution >= 0.6 is 0 Å². The topological polar surface area (TPSA) is 51.2 Å². The summed E-state index contributed by atoms with van der Waals surface area (Å²) in [6.07, 6.45) is 3.58. The van der Waals surface area contributed by atoms with Gasteiger partial charge in [-0.3, -0.25) is 4.68 Å². The summed E-state index contributed by atoms with van der Waals surface area (Å²) < 4.78 is 7.06. The van der Waals surface area contributed by atoms with Gasteiger partial charge in [0.1, 0.15) is 18.1 Å². The number of rotatable bonds is 3. The van der Waals surface area contributed by atoms with Gasteiger partial charge in [-0.2, -0.15) is 5.10 Å². The molecule has 4 nitrogen and oxygen atoms in total. The standard InChI is InChI=1S/C9H10N2O2/c12-7-9-3-2-8(13-9)6-11-5-1-4-10-11/h1-5,12H,6-7H2. The van der Waals surface area contributed by atoms with Crippen molar-refractivity contribution in [2.45, 2.75) is 13.2 Å². The third-order valence-electron chi connectivity index (χ3n) is 1.75. The number of aromatic nitrogens is 2. The number of hydrogen-bond acceptors (Lipinski definition) is 3. The predicted octanol–water partition coefficient (Wildman–Crippen LogP) is 1.02. The summed E-state index contributed by atoms with van der Waals surface area (Å²) >= 11 is 0. The zero-order valence-corrected chi connectivity index (χ0v) is 7.05. The molecular weight excluding hydrogens is 168 g/mol. The highest BCUT2D eigenvalue weighted by Crippen LogP contribution is 2.08. The molecule has 0 bridgehead atoms. The molecule has 0 aliphatic rings. The van der Waals surface area contributed by atoms with Gasteiger partial charge >= 0.3 is 0 Å². The minimum absolute atomic E-state index is 0.0564. The van der Waals surface area contributed by atoms with Gasteiger partial charge in [-0.1, -0.05) is 0 Å². The van der Waals surface area contributed by atoms with Gasteiger partial charge in [-0.15, -0.1) is 0 Å². The normalized spacial score (nSPS) is 10.5. The Balaban J connectivity index is 2.10. The van der Waals surface area contributed by atoms with Gasteiger partial charge in [0.05, 0.1) is 6.54 Å². The third kappa shape index (κ3) is 1.78. The Labute approximate surface area is 75.4 Å². The van der Waals surface area contributed by atoms with Crippen molar-refractivity contribution in [3.63, 3.8) is 0 Å². The van der Waals surface area contributed by atoms with Crippen molar-refractivity contribution in [3.05, 3.63) is 42.1 Å². The van der Waals surface area contributed by atoms with Crippen LogP contribution in [0.1, 0.15) is 11.5 Å². The molecule has 4 heteroatoms. The van der Waals surface area contributed by atoms with Crippen LogP contribution in [0.25, 0.3) is 0 Å². The highest BCUT2D eigenvalue weighted by molar-refractivity contribution is 5.06. The SMILES string of the molecule is OCc1ccc(Cn2cccn2)o1. The lowest BCUT2D eigenvalue weighted by Crippen LogP contribution is -1.97. The van der Waals surface area contributed by atoms with E-state index in [2.05, 4.69) is 5.10 Å². The molecule has 0 aliphatic heterocycles. The maximum atomic E-state index is 8.76. The minimum Gasteiger partial charge on any atom is -0.462 e. The first-order valence-corrected chi connectivity index (χ1v) is 4.04. The number of nitrogens with zero attached hydrogens (tertiary/aromatic N) is 2. The predicted molar refractivity (Wildman–Crippen MR) is 46.0 cm³/mol. The first-order chi connectivity index (χ1) is 6.38. The van der Waals surface area contributed by atoms with E-state index in [4.69, 9.17) is 9.52 Å². The molecule has 0 aromatic carbocycles. The van der Waals surface area contributed by atoms with Crippen molar-refractivity contribution in [1.82, 2.24) is 9.78 Å². The van der Waals surface area contributed by atoms with Crippen LogP contribution in [-0.4, -0.2) is 14.9 Å². The Morgan fingerprint density at radius 3 is 2.85 bits per heavy atom. The second kappa shape index (κ2) is 3.45. The summed E-state index contributed by atoms with van der Waals surface area (Å²) in [4.78, 5) is 0. The maximum absolute atomic E-state index is 8.76. The molecule has 0 spiro atoms. The van der Waals surface area contributed by atoms with Gasteiger partial charge in [0.25, 0.3) is 0 Å². The Hall–Kier alpha value is -1.55. The van der Waals surface area contributed by atoms with Crippen LogP contribution in [0.15, 0.2) is 35.0 Å². The molecule has 2 heterocycles. The van der Waals surface area contributed by atoms with Crippen molar-refractivity contribution in [2.24, 2.45) is 0 Å². The third-order valence-corrected chi connectivity index (χ3v) is 1.75. The molecule has 0 saturated carbocycles. The molecule has 1 N–H and O–H groups in total. The van der Waals surface area contributed by atoms with E-state index in [-0.39, 0.29) is 6.61 Å². The van der Waals surface area contributed by atoms with E-state index in [0.717, 1.165) is 5.76 Å². The summed E-state index contributed by atoms with van der Waals surface area (Å²) in [6, 6.07) is 5.46. The van der Waals surface area contributed by atoms with Gasteiger partial charge in [0, 0.05) is 12.4 Å². The van der Waals surface area contributed by atoms with Crippen LogP contribution in [0.5, 0.6) is 0 Å². The van der Waals surface area contributed by atoms with Crippen molar-refractivity contribution in [2.75, 3.05) is 0 Å². The molecule has 0 amide bonds. The van der Waals surface area contributed by atoms with Gasteiger partial charge < -0.3 is 9.52 Å². The first-order valence-electron chi connectivity index (χ1n) is 4.04. The van der Waals surface area contributed by atoms with E-state index in [0.29, 0.717) is 12.3 Å². The summed E-state index contributed by atoms with van der Waals surface area (Å²) in [7, 11) is 0. The number of aliphatic hydroxyl groups is 1. The minimum atomic E-state index is -0.0564. The van der Waals surface area contributed by atoms with Crippen LogP contribution < -0.4 is 0 Å². The van der Waals surface area contributed by atoms with Crippen LogP contribution in [0.4, 0.5) is 0 Å². The van der Waals surface area contributed by atoms with Gasteiger partial charge in [-0.05, 0) is 18.2 Å². The number of furan rings is 1. The highest BCUT2D eigenvalue weighted by atomic mass is 16.4. The Bertz CT molecular complexity index is 365. The second-order valence-corrected chi connectivity index (χ2v) is 2.73. The molecule has 0 fully saturated rings. The molecule has 2 rings (SSSR count). The van der Waals surface area contributed by atoms with Crippen molar-refractivity contribution < 1.29 is 9.52 Å². The smallest absolute Gasteiger partial charge is 0.129 e. The average molecular weight is 178 g/mol. The molecule has 0 unspecified atom stereocenters. The van der Waals surface area contributed by atoms with Crippen molar-refractivity contribution in [3.8, 4) is 0 Å². The van der Waals surface area contributed by atoms with Crippen LogP contribution in [0.2, 0.25) is 0 Å². The van der Waals surface area contributed by atoms with E-state index in [1.807, 2.05) is 18.3 Å². The fraction of sp³-hybridized carbons (Fsp3) is 0.222. The molecule has 2 aromatic rings. The van der Waals surface area contributed by atoms with Crippen molar-refractivity contribution >= 4 is 0 Å². The largest absolute Gasteiger partial charge is 0.462 e. The average Bonchev–Trinajstić information content (AvgIpc) is 2.76. The number of hydrogen-bond donors (Lipinski definition) is 1. The lowest BCUT2D eigenvalue weighted by atomic mass is 10.4. The van der Waals surface area contributed by atoms with Gasteiger partial charge in [0.15, 0.2) is 0 Å². The molecule has 68 valence electrons. The zero-order chi connectivity index (χ0) is 9.10. The van der Waals surface area contributed by atoms with Crippen LogP contribution in [0, 0.1) is 0 Å². The van der Waals surface area contributed by atoms with E-state index in [1.54, 1.807) is 16.9 Å². The molecular formula is C9H10N2O2. The highest BCUT2D eigenvalue weighted by Gasteiger charge is 2.01. The van der Waals surface area contributed by atoms with E-state index in [1.165, 1.54) is 0 Å². The summed E-state index contributed by atoms with van der Waals surface area (Å²) in [5.41, 5.74) is 0. The van der Waals surface area contributed by atoms with Crippen molar-refractivity contribution in [1.29, 1.82) is 0 Å². The Morgan fingerprint density at radius 2 is 2.23 bits per heavy atom. The fourth-order valence-corrected chi connectivity index (χ4v) is 1.15. The quantitative estimate of drug-likeness (QED) is 0.763. The first kappa shape index (κ1) is 8.07. The van der Waals surface area contributed by atoms with Crippen LogP contribution in [-0.2, 0) is 13.2 Å². The Morgan fingerprint density at radius 1 is 1.38 bits per heavy atom.